The van der Waals surface area contributed by atoms with E-state index >= 15 is 0 Å². The van der Waals surface area contributed by atoms with E-state index in [4.69, 9.17) is 11.6 Å². The zero-order chi connectivity index (χ0) is 63.1. The first-order chi connectivity index (χ1) is 42.5. The van der Waals surface area contributed by atoms with Crippen molar-refractivity contribution < 1.29 is 49.2 Å². The molecule has 476 valence electrons. The number of imide groups is 1. The number of unbranched alkanes of at least 4 members (excludes halogenated alkanes) is 2. The van der Waals surface area contributed by atoms with Crippen LogP contribution >= 0.6 is 35.1 Å². The molecule has 1 unspecified atom stereocenters. The number of nitrogens with zero attached hydrogens (tertiary/aromatic N) is 5. The minimum atomic E-state index is -6.12. The summed E-state index contributed by atoms with van der Waals surface area (Å²) in [6.07, 6.45) is 7.02. The highest BCUT2D eigenvalue weighted by Crippen LogP contribution is 2.44. The van der Waals surface area contributed by atoms with Gasteiger partial charge in [-0.25, -0.2) is 21.6 Å². The molecule has 10 rings (SSSR count). The Morgan fingerprint density at radius 2 is 1.47 bits per heavy atom. The minimum Gasteiger partial charge on any atom is -0.380 e. The monoisotopic (exact) mass is 1320 g/mol. The fourth-order valence-corrected chi connectivity index (χ4v) is 16.6. The predicted octanol–water partition coefficient (Wildman–Crippen LogP) is 10.8. The van der Waals surface area contributed by atoms with Crippen molar-refractivity contribution in [3.63, 3.8) is 0 Å². The maximum absolute atomic E-state index is 14.5. The first-order valence-corrected chi connectivity index (χ1v) is 35.7. The minimum absolute atomic E-state index is 0.0152. The van der Waals surface area contributed by atoms with E-state index in [-0.39, 0.29) is 29.2 Å². The molecule has 3 N–H and O–H groups in total. The normalized spacial score (nSPS) is 19.3. The van der Waals surface area contributed by atoms with Gasteiger partial charge in [-0.1, -0.05) is 73.8 Å². The molecule has 0 aromatic heterocycles. The molecular formula is C65H76ClF3N8O8S4. The molecule has 1 aliphatic carbocycles. The van der Waals surface area contributed by atoms with Crippen LogP contribution in [0.3, 0.4) is 0 Å². The van der Waals surface area contributed by atoms with E-state index in [9.17, 15) is 49.2 Å². The zero-order valence-corrected chi connectivity index (χ0v) is 54.1. The number of sulfonamides is 1. The van der Waals surface area contributed by atoms with Gasteiger partial charge in [-0.2, -0.15) is 13.2 Å². The first-order valence-electron chi connectivity index (χ1n) is 30.4. The smallest absolute Gasteiger partial charge is 0.380 e. The number of hydrogen-bond acceptors (Lipinski definition) is 15. The average molecular weight is 1320 g/mol. The van der Waals surface area contributed by atoms with Crippen LogP contribution < -0.4 is 20.3 Å². The second kappa shape index (κ2) is 28.7. The van der Waals surface area contributed by atoms with E-state index in [1.54, 1.807) is 34.9 Å². The lowest BCUT2D eigenvalue weighted by Gasteiger charge is -2.39. The number of sulfone groups is 1. The Labute approximate surface area is 533 Å². The predicted molar refractivity (Wildman–Crippen MR) is 345 cm³/mol. The lowest BCUT2D eigenvalue weighted by atomic mass is 9.73. The highest BCUT2D eigenvalue weighted by Gasteiger charge is 2.49. The number of benzene rings is 5. The fraction of sp³-hybridized carbons (Fsp3) is 0.446. The summed E-state index contributed by atoms with van der Waals surface area (Å²) in [6, 6.07) is 30.8. The third kappa shape index (κ3) is 16.6. The van der Waals surface area contributed by atoms with Crippen molar-refractivity contribution in [2.75, 3.05) is 93.7 Å². The van der Waals surface area contributed by atoms with Gasteiger partial charge in [0.2, 0.25) is 11.8 Å². The van der Waals surface area contributed by atoms with Gasteiger partial charge in [0.25, 0.3) is 31.7 Å². The molecule has 24 heteroatoms. The van der Waals surface area contributed by atoms with Gasteiger partial charge < -0.3 is 24.9 Å². The largest absolute Gasteiger partial charge is 0.501 e. The van der Waals surface area contributed by atoms with Crippen LogP contribution in [0, 0.1) is 5.41 Å². The number of carbonyl (C=O) groups is 4. The Bertz CT molecular complexity index is 3640. The number of allylic oxidation sites excluding steroid dienone is 1. The Morgan fingerprint density at radius 1 is 0.775 bits per heavy atom. The van der Waals surface area contributed by atoms with E-state index in [0.717, 1.165) is 143 Å². The second-order valence-corrected chi connectivity index (χ2v) is 30.6. The van der Waals surface area contributed by atoms with Gasteiger partial charge in [-0.3, -0.25) is 29.4 Å². The van der Waals surface area contributed by atoms with Gasteiger partial charge in [0.1, 0.15) is 10.9 Å². The summed E-state index contributed by atoms with van der Waals surface area (Å²) in [7, 11) is -11.0. The van der Waals surface area contributed by atoms with E-state index in [1.807, 2.05) is 59.3 Å². The van der Waals surface area contributed by atoms with Crippen LogP contribution in [0.25, 0.3) is 5.57 Å². The highest BCUT2D eigenvalue weighted by atomic mass is 35.5. The molecule has 0 bridgehead atoms. The van der Waals surface area contributed by atoms with Crippen LogP contribution in [0.1, 0.15) is 103 Å². The summed E-state index contributed by atoms with van der Waals surface area (Å²) in [4.78, 5) is 61.8. The molecule has 4 aliphatic heterocycles. The highest BCUT2D eigenvalue weighted by molar-refractivity contribution is 7.99. The summed E-state index contributed by atoms with van der Waals surface area (Å²) in [5, 5.41) is 6.13. The number of piperidine rings is 1. The van der Waals surface area contributed by atoms with Crippen molar-refractivity contribution in [3.8, 4) is 0 Å². The van der Waals surface area contributed by atoms with Crippen LogP contribution in [-0.4, -0.2) is 161 Å². The number of thioether (sulfide) groups is 2. The summed E-state index contributed by atoms with van der Waals surface area (Å²) in [6.45, 7) is 13.5. The number of alkyl halides is 3. The van der Waals surface area contributed by atoms with Crippen LogP contribution in [0.15, 0.2) is 140 Å². The van der Waals surface area contributed by atoms with Crippen molar-refractivity contribution >= 4 is 95.6 Å². The molecule has 3 saturated heterocycles. The Balaban J connectivity index is 0.716. The Morgan fingerprint density at radius 3 is 2.17 bits per heavy atom. The van der Waals surface area contributed by atoms with Crippen molar-refractivity contribution in [3.05, 3.63) is 148 Å². The number of anilines is 2. The van der Waals surface area contributed by atoms with E-state index < -0.39 is 64.7 Å². The number of piperazine rings is 2. The van der Waals surface area contributed by atoms with E-state index in [0.29, 0.717) is 48.3 Å². The van der Waals surface area contributed by atoms with Gasteiger partial charge in [0, 0.05) is 122 Å². The lowest BCUT2D eigenvalue weighted by molar-refractivity contribution is -0.136. The summed E-state index contributed by atoms with van der Waals surface area (Å²) in [5.74, 6) is -0.772. The van der Waals surface area contributed by atoms with Crippen molar-refractivity contribution in [2.24, 2.45) is 5.41 Å². The number of halogens is 4. The molecule has 0 radical (unpaired) electrons. The molecule has 2 atom stereocenters. The fourth-order valence-electron chi connectivity index (χ4n) is 12.4. The molecule has 0 saturated carbocycles. The topological polar surface area (TPSA) is 189 Å². The molecule has 4 heterocycles. The number of carbonyl (C=O) groups excluding carboxylic acids is 4. The lowest BCUT2D eigenvalue weighted by Crippen LogP contribution is -2.52. The number of hydrogen-bond donors (Lipinski definition) is 3. The molecule has 16 nitrogen and oxygen atoms in total. The van der Waals surface area contributed by atoms with Crippen molar-refractivity contribution in [1.29, 1.82) is 0 Å². The van der Waals surface area contributed by atoms with Gasteiger partial charge in [0.15, 0.2) is 0 Å². The molecule has 89 heavy (non-hydrogen) atoms. The van der Waals surface area contributed by atoms with Gasteiger partial charge in [-0.05, 0) is 158 Å². The van der Waals surface area contributed by atoms with Gasteiger partial charge in [-0.15, -0.1) is 23.5 Å². The van der Waals surface area contributed by atoms with Gasteiger partial charge in [0.05, 0.1) is 10.6 Å². The van der Waals surface area contributed by atoms with Crippen molar-refractivity contribution in [1.82, 2.24) is 29.6 Å². The van der Waals surface area contributed by atoms with Gasteiger partial charge >= 0.3 is 5.51 Å². The molecule has 3 fully saturated rings. The summed E-state index contributed by atoms with van der Waals surface area (Å²) >= 11 is 9.37. The Kier molecular flexibility index (Phi) is 21.3. The third-order valence-corrected chi connectivity index (χ3v) is 22.9. The maximum atomic E-state index is 14.5. The quantitative estimate of drug-likeness (QED) is 0.0300. The van der Waals surface area contributed by atoms with Crippen LogP contribution in [0.4, 0.5) is 24.5 Å². The molecule has 4 amide bonds. The van der Waals surface area contributed by atoms with Crippen LogP contribution in [0.5, 0.6) is 0 Å². The van der Waals surface area contributed by atoms with Crippen LogP contribution in [0.2, 0.25) is 5.02 Å². The maximum Gasteiger partial charge on any atom is 0.501 e. The summed E-state index contributed by atoms with van der Waals surface area (Å²) < 4.78 is 99.9. The standard InChI is InChI=1S/C65H76ClF3N8O8S4/c1-64(2)28-26-53(45-14-18-48(66)19-15-45)47(41-64)42-75-35-37-76(38-36-75)50-20-16-46(17-21-50)61(79)72-89(84,85)52-22-23-56(59(40-52)88(82,83)65(67,68)69)70-49(44-87-51-10-5-3-6-11-51)27-30-74-33-31-73(32-34-74)29-7-4-8-39-86-58-13-9-12-54-55(58)43-77(63(54)81)57-24-25-60(78)71-62(57)80/h3,5-6,9-23,40,49,57,70H,4,7-8,24-39,41-44H2,1-2H3,(H,72,79)(H,71,78,80)/t49-,57?/m1/s1. The molecule has 5 aromatic rings. The third-order valence-electron chi connectivity index (χ3n) is 17.5. The summed E-state index contributed by atoms with van der Waals surface area (Å²) in [5.41, 5.74) is 0.385. The molecule has 5 aromatic carbocycles. The van der Waals surface area contributed by atoms with Crippen LogP contribution in [-0.2, 0) is 36.0 Å². The molecule has 5 aliphatic rings. The Hall–Kier alpha value is -5.92. The van der Waals surface area contributed by atoms with E-state index in [1.165, 1.54) is 40.6 Å². The SMILES string of the molecule is CC1(C)CCC(c2ccc(Cl)cc2)=C(CN2CCN(c3ccc(C(=O)NS(=O)(=O)c4ccc(N[C@H](CCN5CCN(CCCCCSc6cccc7c6CN(C6CCC(=O)NC6=O)C7=O)CC5)CSc5ccccc5)c(S(=O)(=O)C(F)(F)F)c4)cc3)CC2)C1. The number of fused-ring (bicyclic) bond motifs is 1. The van der Waals surface area contributed by atoms with Crippen molar-refractivity contribution in [2.45, 2.75) is 115 Å². The number of amides is 4. The first kappa shape index (κ1) is 66.0. The van der Waals surface area contributed by atoms with E-state index in [2.05, 4.69) is 56.2 Å². The molecule has 0 spiro atoms. The zero-order valence-electron chi connectivity index (χ0n) is 50.0. The number of nitrogens with one attached hydrogen (secondary N) is 3. The number of rotatable bonds is 24. The average Bonchev–Trinajstić information content (AvgIpc) is 1.79. The second-order valence-electron chi connectivity index (χ2n) is 24.3. The molecular weight excluding hydrogens is 1240 g/mol.